The van der Waals surface area contributed by atoms with Gasteiger partial charge in [0.2, 0.25) is 0 Å². The first kappa shape index (κ1) is 9.47. The summed E-state index contributed by atoms with van der Waals surface area (Å²) in [5, 5.41) is 0. The van der Waals surface area contributed by atoms with Crippen LogP contribution in [0.5, 0.6) is 0 Å². The standard InChI is InChI=1S/C11H21NO/c1-12(10-5-2-3-6-10)9-11-7-4-8-13-11/h10-11H,2-9H2,1H3/t11-/m1/s1. The van der Waals surface area contributed by atoms with Crippen molar-refractivity contribution in [2.24, 2.45) is 0 Å². The van der Waals surface area contributed by atoms with Gasteiger partial charge in [-0.05, 0) is 32.7 Å². The topological polar surface area (TPSA) is 12.5 Å². The summed E-state index contributed by atoms with van der Waals surface area (Å²) in [5.41, 5.74) is 0. The van der Waals surface area contributed by atoms with Gasteiger partial charge < -0.3 is 9.64 Å². The number of hydrogen-bond acceptors (Lipinski definition) is 2. The zero-order valence-corrected chi connectivity index (χ0v) is 8.67. The average Bonchev–Trinajstić information content (AvgIpc) is 2.74. The zero-order chi connectivity index (χ0) is 9.10. The average molecular weight is 183 g/mol. The third-order valence-corrected chi connectivity index (χ3v) is 3.46. The first-order valence-corrected chi connectivity index (χ1v) is 5.68. The van der Waals surface area contributed by atoms with Crippen LogP contribution in [0.4, 0.5) is 0 Å². The maximum absolute atomic E-state index is 5.64. The van der Waals surface area contributed by atoms with Crippen molar-refractivity contribution in [2.45, 2.75) is 50.7 Å². The van der Waals surface area contributed by atoms with Crippen LogP contribution in [0.25, 0.3) is 0 Å². The number of rotatable bonds is 3. The van der Waals surface area contributed by atoms with Crippen LogP contribution in [0, 0.1) is 0 Å². The summed E-state index contributed by atoms with van der Waals surface area (Å²) >= 11 is 0. The number of nitrogens with zero attached hydrogens (tertiary/aromatic N) is 1. The molecule has 0 aromatic rings. The van der Waals surface area contributed by atoms with Crippen molar-refractivity contribution in [3.8, 4) is 0 Å². The van der Waals surface area contributed by atoms with Crippen molar-refractivity contribution in [2.75, 3.05) is 20.2 Å². The normalized spacial score (nSPS) is 30.5. The smallest absolute Gasteiger partial charge is 0.0702 e. The van der Waals surface area contributed by atoms with E-state index in [1.54, 1.807) is 0 Å². The molecule has 76 valence electrons. The monoisotopic (exact) mass is 183 g/mol. The maximum atomic E-state index is 5.64. The summed E-state index contributed by atoms with van der Waals surface area (Å²) < 4.78 is 5.64. The summed E-state index contributed by atoms with van der Waals surface area (Å²) in [7, 11) is 2.26. The third-order valence-electron chi connectivity index (χ3n) is 3.46. The number of ether oxygens (including phenoxy) is 1. The second-order valence-corrected chi connectivity index (χ2v) is 4.51. The molecule has 1 aliphatic carbocycles. The van der Waals surface area contributed by atoms with E-state index in [2.05, 4.69) is 11.9 Å². The molecule has 0 aromatic heterocycles. The van der Waals surface area contributed by atoms with Crippen LogP contribution in [0.1, 0.15) is 38.5 Å². The fraction of sp³-hybridized carbons (Fsp3) is 1.00. The molecule has 2 rings (SSSR count). The van der Waals surface area contributed by atoms with Crippen molar-refractivity contribution in [3.05, 3.63) is 0 Å². The Balaban J connectivity index is 1.73. The number of hydrogen-bond donors (Lipinski definition) is 0. The molecule has 1 saturated heterocycles. The Bertz CT molecular complexity index is 148. The largest absolute Gasteiger partial charge is 0.377 e. The first-order chi connectivity index (χ1) is 6.36. The predicted octanol–water partition coefficient (Wildman–Crippen LogP) is 2.04. The van der Waals surface area contributed by atoms with Gasteiger partial charge in [-0.2, -0.15) is 0 Å². The SMILES string of the molecule is CN(C[C@H]1CCCO1)C1CCCC1. The Morgan fingerprint density at radius 2 is 1.92 bits per heavy atom. The second kappa shape index (κ2) is 4.43. The van der Waals surface area contributed by atoms with Gasteiger partial charge in [0.1, 0.15) is 0 Å². The lowest BCUT2D eigenvalue weighted by atomic mass is 10.2. The molecule has 13 heavy (non-hydrogen) atoms. The van der Waals surface area contributed by atoms with E-state index in [-0.39, 0.29) is 0 Å². The van der Waals surface area contributed by atoms with E-state index in [1.807, 2.05) is 0 Å². The minimum absolute atomic E-state index is 0.533. The molecule has 2 aliphatic rings. The summed E-state index contributed by atoms with van der Waals surface area (Å²) in [5.74, 6) is 0. The fourth-order valence-electron chi connectivity index (χ4n) is 2.60. The van der Waals surface area contributed by atoms with E-state index < -0.39 is 0 Å². The van der Waals surface area contributed by atoms with Crippen molar-refractivity contribution < 1.29 is 4.74 Å². The molecule has 0 N–H and O–H groups in total. The molecule has 0 unspecified atom stereocenters. The molecule has 2 fully saturated rings. The van der Waals surface area contributed by atoms with Gasteiger partial charge in [-0.3, -0.25) is 0 Å². The fourth-order valence-corrected chi connectivity index (χ4v) is 2.60. The van der Waals surface area contributed by atoms with E-state index in [9.17, 15) is 0 Å². The quantitative estimate of drug-likeness (QED) is 0.664. The lowest BCUT2D eigenvalue weighted by molar-refractivity contribution is 0.0688. The van der Waals surface area contributed by atoms with Crippen LogP contribution >= 0.6 is 0 Å². The molecule has 1 heterocycles. The molecule has 0 spiro atoms. The molecule has 0 aromatic carbocycles. The van der Waals surface area contributed by atoms with E-state index >= 15 is 0 Å². The summed E-state index contributed by atoms with van der Waals surface area (Å²) in [4.78, 5) is 2.52. The minimum atomic E-state index is 0.533. The van der Waals surface area contributed by atoms with Crippen LogP contribution in [-0.4, -0.2) is 37.2 Å². The van der Waals surface area contributed by atoms with Gasteiger partial charge in [0.25, 0.3) is 0 Å². The predicted molar refractivity (Wildman–Crippen MR) is 53.9 cm³/mol. The zero-order valence-electron chi connectivity index (χ0n) is 8.67. The molecular weight excluding hydrogens is 162 g/mol. The van der Waals surface area contributed by atoms with Gasteiger partial charge in [-0.25, -0.2) is 0 Å². The van der Waals surface area contributed by atoms with Crippen molar-refractivity contribution in [1.29, 1.82) is 0 Å². The lowest BCUT2D eigenvalue weighted by Crippen LogP contribution is -2.35. The van der Waals surface area contributed by atoms with E-state index in [4.69, 9.17) is 4.74 Å². The highest BCUT2D eigenvalue weighted by Gasteiger charge is 2.23. The molecular formula is C11H21NO. The molecule has 1 atom stereocenters. The van der Waals surface area contributed by atoms with Gasteiger partial charge in [0.05, 0.1) is 6.10 Å². The Labute approximate surface area is 81.3 Å². The summed E-state index contributed by atoms with van der Waals surface area (Å²) in [6.45, 7) is 2.15. The molecule has 1 aliphatic heterocycles. The molecule has 1 saturated carbocycles. The highest BCUT2D eigenvalue weighted by molar-refractivity contribution is 4.78. The van der Waals surface area contributed by atoms with E-state index in [0.717, 1.165) is 19.2 Å². The van der Waals surface area contributed by atoms with E-state index in [0.29, 0.717) is 6.10 Å². The summed E-state index contributed by atoms with van der Waals surface area (Å²) in [6.07, 6.45) is 8.75. The molecule has 2 heteroatoms. The van der Waals surface area contributed by atoms with Gasteiger partial charge in [-0.15, -0.1) is 0 Å². The second-order valence-electron chi connectivity index (χ2n) is 4.51. The van der Waals surface area contributed by atoms with Gasteiger partial charge in [0.15, 0.2) is 0 Å². The first-order valence-electron chi connectivity index (χ1n) is 5.68. The molecule has 0 radical (unpaired) electrons. The molecule has 2 nitrogen and oxygen atoms in total. The Morgan fingerprint density at radius 1 is 1.15 bits per heavy atom. The van der Waals surface area contributed by atoms with Crippen molar-refractivity contribution in [1.82, 2.24) is 4.90 Å². The van der Waals surface area contributed by atoms with E-state index in [1.165, 1.54) is 38.5 Å². The Morgan fingerprint density at radius 3 is 2.54 bits per heavy atom. The van der Waals surface area contributed by atoms with Crippen LogP contribution < -0.4 is 0 Å². The van der Waals surface area contributed by atoms with Crippen LogP contribution in [0.2, 0.25) is 0 Å². The number of likely N-dealkylation sites (N-methyl/N-ethyl adjacent to an activating group) is 1. The Hall–Kier alpha value is -0.0800. The van der Waals surface area contributed by atoms with Crippen LogP contribution in [0.3, 0.4) is 0 Å². The minimum Gasteiger partial charge on any atom is -0.377 e. The van der Waals surface area contributed by atoms with Gasteiger partial charge in [-0.1, -0.05) is 12.8 Å². The van der Waals surface area contributed by atoms with Gasteiger partial charge >= 0.3 is 0 Å². The third kappa shape index (κ3) is 2.44. The molecule has 0 amide bonds. The van der Waals surface area contributed by atoms with Crippen LogP contribution in [-0.2, 0) is 4.74 Å². The Kier molecular flexibility index (Phi) is 3.23. The highest BCUT2D eigenvalue weighted by atomic mass is 16.5. The van der Waals surface area contributed by atoms with Gasteiger partial charge in [0, 0.05) is 19.2 Å². The maximum Gasteiger partial charge on any atom is 0.0702 e. The summed E-state index contributed by atoms with van der Waals surface area (Å²) in [6, 6.07) is 0.851. The van der Waals surface area contributed by atoms with Crippen molar-refractivity contribution >= 4 is 0 Å². The van der Waals surface area contributed by atoms with Crippen molar-refractivity contribution in [3.63, 3.8) is 0 Å². The molecule has 0 bridgehead atoms. The lowest BCUT2D eigenvalue weighted by Gasteiger charge is -2.26. The highest BCUT2D eigenvalue weighted by Crippen LogP contribution is 2.23. The van der Waals surface area contributed by atoms with Crippen LogP contribution in [0.15, 0.2) is 0 Å².